The zero-order valence-electron chi connectivity index (χ0n) is 41.3. The van der Waals surface area contributed by atoms with Crippen molar-refractivity contribution in [1.82, 2.24) is 44.7 Å². The largest absolute Gasteiger partial charge is 0.464 e. The first-order chi connectivity index (χ1) is 38.0. The van der Waals surface area contributed by atoms with Gasteiger partial charge in [-0.25, -0.2) is 14.3 Å². The quantitative estimate of drug-likeness (QED) is 0.0185. The van der Waals surface area contributed by atoms with E-state index in [1.807, 2.05) is 109 Å². The Balaban J connectivity index is 0.000000143. The number of allylic oxidation sites excluding steroid dienone is 3. The summed E-state index contributed by atoms with van der Waals surface area (Å²) in [6.45, 7) is 0. The lowest BCUT2D eigenvalue weighted by atomic mass is 9.96. The Hall–Kier alpha value is -10.8. The summed E-state index contributed by atoms with van der Waals surface area (Å²) < 4.78 is 14.9. The SMILES string of the molecule is C.C#CC(=O)OC.COC(=O)c1cn([C@@H]2C=CC(n3c4ccccc4c4c5c(c6c7ccccc7[nH]c6c43)C(=O)NC5=O)C2)nn1.[N-]=[N+]=NC1C=CC(n2c3ccccc3c3c4c(c5c6ccccc6[nH]c5c32)C(=O)NC4=O)C1. The Morgan fingerprint density at radius 1 is 0.633 bits per heavy atom. The highest BCUT2D eigenvalue weighted by atomic mass is 16.5. The first kappa shape index (κ1) is 49.1. The number of carbonyl (C=O) groups excluding carboxylic acids is 6. The van der Waals surface area contributed by atoms with Crippen LogP contribution in [0.15, 0.2) is 133 Å². The van der Waals surface area contributed by atoms with Crippen LogP contribution in [0, 0.1) is 12.3 Å². The summed E-state index contributed by atoms with van der Waals surface area (Å²) in [6, 6.07) is 31.0. The molecule has 0 radical (unpaired) electrons. The molecule has 79 heavy (non-hydrogen) atoms. The fourth-order valence-corrected chi connectivity index (χ4v) is 12.0. The van der Waals surface area contributed by atoms with Crippen LogP contribution in [0.3, 0.4) is 0 Å². The van der Waals surface area contributed by atoms with Crippen molar-refractivity contribution in [2.75, 3.05) is 14.2 Å². The monoisotopic (exact) mass is 1050 g/mol. The van der Waals surface area contributed by atoms with Crippen LogP contribution in [0.2, 0.25) is 0 Å². The van der Waals surface area contributed by atoms with Gasteiger partial charge in [-0.15, -0.1) is 11.5 Å². The Kier molecular flexibility index (Phi) is 11.7. The van der Waals surface area contributed by atoms with Gasteiger partial charge in [0.05, 0.1) is 88.9 Å². The van der Waals surface area contributed by atoms with Crippen LogP contribution in [0.1, 0.15) is 90.3 Å². The maximum Gasteiger partial charge on any atom is 0.383 e. The number of nitrogens with zero attached hydrogens (tertiary/aromatic N) is 8. The molecule has 0 bridgehead atoms. The second-order valence-corrected chi connectivity index (χ2v) is 19.1. The Morgan fingerprint density at radius 3 is 1.57 bits per heavy atom. The molecule has 0 spiro atoms. The minimum absolute atomic E-state index is 0. The highest BCUT2D eigenvalue weighted by Crippen LogP contribution is 2.48. The summed E-state index contributed by atoms with van der Waals surface area (Å²) in [4.78, 5) is 84.1. The van der Waals surface area contributed by atoms with Crippen LogP contribution in [-0.2, 0) is 14.3 Å². The number of fused-ring (bicyclic) bond motifs is 20. The number of nitrogens with one attached hydrogen (secondary N) is 4. The van der Waals surface area contributed by atoms with E-state index in [0.717, 1.165) is 87.2 Å². The minimum Gasteiger partial charge on any atom is -0.464 e. The van der Waals surface area contributed by atoms with Gasteiger partial charge in [0.15, 0.2) is 5.69 Å². The number of amides is 4. The molecule has 4 N–H and O–H groups in total. The number of hydrogen-bond acceptors (Lipinski definition) is 11. The van der Waals surface area contributed by atoms with Crippen molar-refractivity contribution in [1.29, 1.82) is 0 Å². The molecule has 20 heteroatoms. The number of H-pyrrole nitrogens is 2. The van der Waals surface area contributed by atoms with E-state index in [0.29, 0.717) is 35.1 Å². The molecule has 0 saturated carbocycles. The molecule has 0 fully saturated rings. The van der Waals surface area contributed by atoms with Gasteiger partial charge in [0.2, 0.25) is 0 Å². The topological polar surface area (TPSA) is 266 Å². The lowest BCUT2D eigenvalue weighted by Gasteiger charge is -2.17. The molecule has 388 valence electrons. The van der Waals surface area contributed by atoms with Crippen LogP contribution < -0.4 is 10.6 Å². The Morgan fingerprint density at radius 2 is 1.09 bits per heavy atom. The molecule has 2 aliphatic heterocycles. The summed E-state index contributed by atoms with van der Waals surface area (Å²) in [6.07, 6.45) is 15.6. The van der Waals surface area contributed by atoms with Crippen molar-refractivity contribution >= 4 is 123 Å². The van der Waals surface area contributed by atoms with Crippen molar-refractivity contribution in [3.63, 3.8) is 0 Å². The standard InChI is InChI=1S/C29H20N6O4.C25H16N6O2.C4H4O2.CH4/c1-39-29(38)19-13-34(33-32-19)14-10-11-15(12-14)35-20-9-5-3-7-17(20)22-24-23(27(36)31-28(24)37)21-16-6-2-4-8-18(16)30-25(21)26(22)35;26-30-29-12-9-10-13(11-12)31-17-8-4-2-6-15(17)19-21-20(24(32)28-25(21)33)18-14-5-1-3-7-16(14)27-22(18)23(19)31;1-3-4(5)6-2;/h2-11,13-15,30H,12H2,1H3,(H,31,36,37);1-10,12-13,27H,11H2,(H,28,32,33);1H,2H3;1H4/t14-,15?;;;/m1.../s1. The summed E-state index contributed by atoms with van der Waals surface area (Å²) in [7, 11) is 2.55. The molecule has 4 amide bonds. The number of ether oxygens (including phenoxy) is 2. The molecular formula is C59H44N12O8. The molecule has 20 nitrogen and oxygen atoms in total. The molecule has 11 aromatic rings. The summed E-state index contributed by atoms with van der Waals surface area (Å²) in [5.41, 5.74) is 17.8. The van der Waals surface area contributed by atoms with E-state index in [2.05, 4.69) is 73.4 Å². The van der Waals surface area contributed by atoms with Crippen LogP contribution in [0.4, 0.5) is 0 Å². The molecule has 15 rings (SSSR count). The van der Waals surface area contributed by atoms with Crippen LogP contribution in [-0.4, -0.2) is 89.9 Å². The van der Waals surface area contributed by atoms with Gasteiger partial charge in [0.25, 0.3) is 23.6 Å². The van der Waals surface area contributed by atoms with E-state index in [-0.39, 0.29) is 60.9 Å². The Bertz CT molecular complexity index is 4690. The van der Waals surface area contributed by atoms with Crippen molar-refractivity contribution < 1.29 is 38.2 Å². The first-order valence-corrected chi connectivity index (χ1v) is 24.7. The number of terminal acetylenes is 1. The van der Waals surface area contributed by atoms with Crippen molar-refractivity contribution in [2.45, 2.75) is 44.4 Å². The molecule has 4 aliphatic rings. The van der Waals surface area contributed by atoms with E-state index in [4.69, 9.17) is 10.3 Å². The van der Waals surface area contributed by atoms with E-state index in [9.17, 15) is 28.8 Å². The van der Waals surface area contributed by atoms with Crippen LogP contribution in [0.5, 0.6) is 0 Å². The van der Waals surface area contributed by atoms with E-state index in [1.54, 1.807) is 16.8 Å². The van der Waals surface area contributed by atoms with Gasteiger partial charge < -0.3 is 28.6 Å². The lowest BCUT2D eigenvalue weighted by molar-refractivity contribution is -0.133. The zero-order valence-corrected chi connectivity index (χ0v) is 41.3. The maximum absolute atomic E-state index is 13.3. The number of para-hydroxylation sites is 4. The number of carbonyl (C=O) groups is 6. The van der Waals surface area contributed by atoms with Gasteiger partial charge >= 0.3 is 11.9 Å². The number of imide groups is 2. The van der Waals surface area contributed by atoms with Gasteiger partial charge in [0, 0.05) is 76.0 Å². The number of hydrogen-bond donors (Lipinski definition) is 4. The summed E-state index contributed by atoms with van der Waals surface area (Å²) in [5.74, 6) is -0.912. The summed E-state index contributed by atoms with van der Waals surface area (Å²) >= 11 is 0. The first-order valence-electron chi connectivity index (χ1n) is 24.7. The molecule has 2 aliphatic carbocycles. The highest BCUT2D eigenvalue weighted by molar-refractivity contribution is 6.41. The second kappa shape index (κ2) is 18.8. The zero-order chi connectivity index (χ0) is 53.7. The predicted octanol–water partition coefficient (Wildman–Crippen LogP) is 10.4. The molecule has 6 aromatic carbocycles. The van der Waals surface area contributed by atoms with E-state index < -0.39 is 11.9 Å². The number of rotatable bonds is 5. The number of benzene rings is 6. The maximum atomic E-state index is 13.3. The normalized spacial score (nSPS) is 17.8. The fourth-order valence-electron chi connectivity index (χ4n) is 12.0. The fraction of sp³-hybridized carbons (Fsp3) is 0.153. The van der Waals surface area contributed by atoms with Gasteiger partial charge in [-0.1, -0.05) is 115 Å². The van der Waals surface area contributed by atoms with Crippen molar-refractivity contribution in [3.8, 4) is 12.3 Å². The predicted molar refractivity (Wildman–Crippen MR) is 298 cm³/mol. The lowest BCUT2D eigenvalue weighted by Crippen LogP contribution is -2.20. The summed E-state index contributed by atoms with van der Waals surface area (Å²) in [5, 5.41) is 23.7. The third-order valence-electron chi connectivity index (χ3n) is 15.1. The third kappa shape index (κ3) is 7.35. The van der Waals surface area contributed by atoms with Gasteiger partial charge in [-0.05, 0) is 42.6 Å². The molecular weight excluding hydrogens is 1000 g/mol. The molecule has 7 heterocycles. The third-order valence-corrected chi connectivity index (χ3v) is 15.1. The highest BCUT2D eigenvalue weighted by Gasteiger charge is 2.39. The van der Waals surface area contributed by atoms with Crippen LogP contribution in [0.25, 0.3) is 97.7 Å². The Labute approximate surface area is 446 Å². The van der Waals surface area contributed by atoms with Crippen molar-refractivity contribution in [2.24, 2.45) is 5.11 Å². The number of azide groups is 1. The number of methoxy groups -OCH3 is 2. The smallest absolute Gasteiger partial charge is 0.383 e. The van der Waals surface area contributed by atoms with E-state index >= 15 is 0 Å². The molecule has 0 saturated heterocycles. The average Bonchev–Trinajstić information content (AvgIpc) is 3.13. The number of esters is 2. The number of aromatic nitrogens is 7. The average molecular weight is 1050 g/mol. The van der Waals surface area contributed by atoms with Gasteiger partial charge in [0.1, 0.15) is 0 Å². The van der Waals surface area contributed by atoms with Gasteiger partial charge in [-0.3, -0.25) is 29.8 Å². The van der Waals surface area contributed by atoms with Crippen molar-refractivity contribution in [3.05, 3.63) is 166 Å². The minimum atomic E-state index is -0.630. The van der Waals surface area contributed by atoms with E-state index in [1.165, 1.54) is 14.2 Å². The van der Waals surface area contributed by atoms with Gasteiger partial charge in [-0.2, -0.15) is 0 Å². The van der Waals surface area contributed by atoms with Crippen LogP contribution >= 0.6 is 0 Å². The molecule has 4 atom stereocenters. The molecule has 3 unspecified atom stereocenters. The second-order valence-electron chi connectivity index (χ2n) is 19.1. The number of aromatic amines is 2. The molecule has 5 aromatic heterocycles.